The molecule has 2 aliphatic heterocycles. The van der Waals surface area contributed by atoms with Crippen molar-refractivity contribution in [3.63, 3.8) is 0 Å². The van der Waals surface area contributed by atoms with Crippen LogP contribution in [0.5, 0.6) is 0 Å². The lowest BCUT2D eigenvalue weighted by Crippen LogP contribution is -2.82. The molecular formula is C22H30F2N4O3. The Labute approximate surface area is 181 Å². The van der Waals surface area contributed by atoms with Gasteiger partial charge in [0.1, 0.15) is 6.54 Å². The van der Waals surface area contributed by atoms with Gasteiger partial charge in [-0.3, -0.25) is 9.59 Å². The maximum absolute atomic E-state index is 13.6. The number of likely N-dealkylation sites (tertiary alicyclic amines) is 1. The van der Waals surface area contributed by atoms with Crippen LogP contribution in [0.2, 0.25) is 0 Å². The van der Waals surface area contributed by atoms with Crippen LogP contribution in [-0.4, -0.2) is 63.8 Å². The molecule has 4 rings (SSSR count). The zero-order valence-corrected chi connectivity index (χ0v) is 18.1. The van der Waals surface area contributed by atoms with Crippen LogP contribution >= 0.6 is 0 Å². The van der Waals surface area contributed by atoms with Gasteiger partial charge in [0.05, 0.1) is 13.1 Å². The maximum Gasteiger partial charge on any atom is 0.314 e. The van der Waals surface area contributed by atoms with Crippen molar-refractivity contribution in [2.75, 3.05) is 19.6 Å². The highest BCUT2D eigenvalue weighted by Crippen LogP contribution is 2.37. The first-order chi connectivity index (χ1) is 14.8. The van der Waals surface area contributed by atoms with E-state index in [0.717, 1.165) is 44.2 Å². The summed E-state index contributed by atoms with van der Waals surface area (Å²) in [5, 5.41) is 0. The van der Waals surface area contributed by atoms with E-state index in [9.17, 15) is 23.2 Å². The third kappa shape index (κ3) is 4.22. The number of hydrogen-bond acceptors (Lipinski definition) is 3. The van der Waals surface area contributed by atoms with E-state index in [-0.39, 0.29) is 44.0 Å². The quantitative estimate of drug-likeness (QED) is 0.790. The van der Waals surface area contributed by atoms with Crippen molar-refractivity contribution < 1.29 is 23.2 Å². The minimum Gasteiger partial charge on any atom is -0.351 e. The molecule has 0 unspecified atom stereocenters. The molecule has 2 N–H and O–H groups in total. The molecule has 1 saturated carbocycles. The summed E-state index contributed by atoms with van der Waals surface area (Å²) in [6.45, 7) is 3.96. The molecule has 9 heteroatoms. The minimum atomic E-state index is -1.20. The minimum absolute atomic E-state index is 0.0137. The fourth-order valence-corrected chi connectivity index (χ4v) is 4.72. The van der Waals surface area contributed by atoms with Gasteiger partial charge >= 0.3 is 6.03 Å². The number of nitrogens with two attached hydrogens (primary N) is 1. The number of primary amides is 1. The third-order valence-electron chi connectivity index (χ3n) is 6.34. The number of rotatable bonds is 3. The van der Waals surface area contributed by atoms with Gasteiger partial charge in [0.2, 0.25) is 5.91 Å². The van der Waals surface area contributed by atoms with Gasteiger partial charge in [-0.1, -0.05) is 39.2 Å². The summed E-state index contributed by atoms with van der Waals surface area (Å²) in [5.41, 5.74) is 4.53. The second-order valence-corrected chi connectivity index (χ2v) is 8.18. The Balaban J connectivity index is 0.00000132. The Bertz CT molecular complexity index is 851. The average molecular weight is 437 g/mol. The fraction of sp³-hybridized carbons (Fsp3) is 0.591. The molecule has 7 nitrogen and oxygen atoms in total. The summed E-state index contributed by atoms with van der Waals surface area (Å²) in [6, 6.07) is 2.78. The Morgan fingerprint density at radius 1 is 1.10 bits per heavy atom. The van der Waals surface area contributed by atoms with E-state index in [0.29, 0.717) is 5.56 Å². The lowest BCUT2D eigenvalue weighted by atomic mass is 9.81. The zero-order chi connectivity index (χ0) is 22.8. The summed E-state index contributed by atoms with van der Waals surface area (Å²) in [6.07, 6.45) is 4.87. The van der Waals surface area contributed by atoms with Gasteiger partial charge in [-0.2, -0.15) is 0 Å². The molecule has 3 fully saturated rings. The molecule has 0 aromatic heterocycles. The van der Waals surface area contributed by atoms with Gasteiger partial charge in [-0.25, -0.2) is 13.6 Å². The predicted octanol–water partition coefficient (Wildman–Crippen LogP) is 2.63. The lowest BCUT2D eigenvalue weighted by Gasteiger charge is -2.58. The summed E-state index contributed by atoms with van der Waals surface area (Å²) < 4.78 is 26.9. The van der Waals surface area contributed by atoms with Crippen molar-refractivity contribution in [3.8, 4) is 0 Å². The number of halogens is 2. The van der Waals surface area contributed by atoms with E-state index in [2.05, 4.69) is 0 Å². The number of benzene rings is 1. The first-order valence-electron chi connectivity index (χ1n) is 10.9. The van der Waals surface area contributed by atoms with Gasteiger partial charge in [-0.15, -0.1) is 0 Å². The summed E-state index contributed by atoms with van der Waals surface area (Å²) in [4.78, 5) is 42.5. The van der Waals surface area contributed by atoms with Crippen LogP contribution in [-0.2, 0) is 16.1 Å². The molecule has 1 aromatic carbocycles. The second-order valence-electron chi connectivity index (χ2n) is 8.18. The van der Waals surface area contributed by atoms with Crippen molar-refractivity contribution in [2.45, 2.75) is 64.1 Å². The van der Waals surface area contributed by atoms with E-state index in [1.165, 1.54) is 15.9 Å². The number of urea groups is 1. The van der Waals surface area contributed by atoms with Crippen LogP contribution in [0.3, 0.4) is 0 Å². The van der Waals surface area contributed by atoms with Gasteiger partial charge in [0.15, 0.2) is 17.2 Å². The molecule has 2 heterocycles. The van der Waals surface area contributed by atoms with Gasteiger partial charge in [0.25, 0.3) is 5.91 Å². The predicted molar refractivity (Wildman–Crippen MR) is 111 cm³/mol. The maximum atomic E-state index is 13.6. The summed E-state index contributed by atoms with van der Waals surface area (Å²) >= 11 is 0. The third-order valence-corrected chi connectivity index (χ3v) is 6.34. The molecule has 0 bridgehead atoms. The molecule has 0 radical (unpaired) electrons. The van der Waals surface area contributed by atoms with Crippen LogP contribution < -0.4 is 5.73 Å². The molecule has 0 atom stereocenters. The number of piperazine rings is 1. The van der Waals surface area contributed by atoms with Crippen molar-refractivity contribution in [1.29, 1.82) is 0 Å². The Morgan fingerprint density at radius 3 is 2.32 bits per heavy atom. The topological polar surface area (TPSA) is 87.0 Å². The molecule has 1 spiro atoms. The molecule has 4 amide bonds. The van der Waals surface area contributed by atoms with Crippen molar-refractivity contribution in [1.82, 2.24) is 14.7 Å². The second kappa shape index (κ2) is 9.20. The van der Waals surface area contributed by atoms with Crippen molar-refractivity contribution in [2.24, 2.45) is 5.73 Å². The number of hydrogen-bond donors (Lipinski definition) is 1. The van der Waals surface area contributed by atoms with E-state index in [1.807, 2.05) is 13.8 Å². The van der Waals surface area contributed by atoms with Gasteiger partial charge in [0, 0.05) is 12.6 Å². The summed E-state index contributed by atoms with van der Waals surface area (Å²) in [5.74, 6) is -2.44. The normalized spacial score (nSPS) is 21.0. The number of nitrogens with zero attached hydrogens (tertiary/aromatic N) is 3. The fourth-order valence-electron chi connectivity index (χ4n) is 4.72. The van der Waals surface area contributed by atoms with E-state index in [4.69, 9.17) is 5.73 Å². The Morgan fingerprint density at radius 2 is 1.74 bits per heavy atom. The Hall–Kier alpha value is -2.71. The van der Waals surface area contributed by atoms with Crippen molar-refractivity contribution >= 4 is 17.8 Å². The average Bonchev–Trinajstić information content (AvgIpc) is 2.74. The zero-order valence-electron chi connectivity index (χ0n) is 18.1. The highest BCUT2D eigenvalue weighted by molar-refractivity contribution is 6.00. The molecule has 1 aliphatic carbocycles. The first-order valence-corrected chi connectivity index (χ1v) is 10.9. The van der Waals surface area contributed by atoms with E-state index in [1.54, 1.807) is 4.90 Å². The molecule has 3 aliphatic rings. The van der Waals surface area contributed by atoms with Crippen LogP contribution in [0.4, 0.5) is 13.6 Å². The van der Waals surface area contributed by atoms with Crippen molar-refractivity contribution in [3.05, 3.63) is 35.4 Å². The van der Waals surface area contributed by atoms with Gasteiger partial charge in [-0.05, 0) is 30.5 Å². The Kier molecular flexibility index (Phi) is 6.81. The van der Waals surface area contributed by atoms with E-state index >= 15 is 0 Å². The van der Waals surface area contributed by atoms with Crippen LogP contribution in [0.15, 0.2) is 18.2 Å². The van der Waals surface area contributed by atoms with Crippen LogP contribution in [0.25, 0.3) is 0 Å². The lowest BCUT2D eigenvalue weighted by molar-refractivity contribution is -0.179. The number of amides is 4. The molecule has 1 aromatic rings. The SMILES string of the molecule is CC.NC(=O)N1CC2(C1)C(=O)N(C1CCCCC1)CC(=O)N2Cc1ccc(F)c(F)c1. The number of carbonyl (C=O) groups excluding carboxylic acids is 3. The standard InChI is InChI=1S/C20H24F2N4O3.C2H6/c21-15-7-6-13(8-16(15)22)9-26-17(27)10-25(14-4-2-1-3-5-14)18(28)20(26)11-24(12-20)19(23)29;1-2/h6-8,14H,1-5,9-12H2,(H2,23,29);1-2H3. The molecule has 170 valence electrons. The first kappa shape index (κ1) is 23.0. The molecule has 31 heavy (non-hydrogen) atoms. The smallest absolute Gasteiger partial charge is 0.314 e. The summed E-state index contributed by atoms with van der Waals surface area (Å²) in [7, 11) is 0. The molecular weight excluding hydrogens is 406 g/mol. The van der Waals surface area contributed by atoms with Crippen LogP contribution in [0.1, 0.15) is 51.5 Å². The molecule has 2 saturated heterocycles. The van der Waals surface area contributed by atoms with Crippen LogP contribution in [0, 0.1) is 11.6 Å². The monoisotopic (exact) mass is 436 g/mol. The van der Waals surface area contributed by atoms with Gasteiger partial charge < -0.3 is 20.4 Å². The highest BCUT2D eigenvalue weighted by Gasteiger charge is 2.61. The highest BCUT2D eigenvalue weighted by atomic mass is 19.2. The number of carbonyl (C=O) groups is 3. The van der Waals surface area contributed by atoms with E-state index < -0.39 is 23.2 Å². The largest absolute Gasteiger partial charge is 0.351 e.